The number of nitrogens with one attached hydrogen (secondary N) is 1. The summed E-state index contributed by atoms with van der Waals surface area (Å²) in [6.07, 6.45) is 5.15. The van der Waals surface area contributed by atoms with Crippen molar-refractivity contribution in [1.82, 2.24) is 9.97 Å². The third-order valence-corrected chi connectivity index (χ3v) is 4.21. The Labute approximate surface area is 119 Å². The van der Waals surface area contributed by atoms with Crippen molar-refractivity contribution in [3.05, 3.63) is 17.0 Å². The van der Waals surface area contributed by atoms with E-state index in [0.717, 1.165) is 31.6 Å². The average Bonchev–Trinajstić information content (AvgIpc) is 2.37. The summed E-state index contributed by atoms with van der Waals surface area (Å²) in [6, 6.07) is 1.69. The molecule has 0 aromatic carbocycles. The second-order valence-corrected chi connectivity index (χ2v) is 5.94. The van der Waals surface area contributed by atoms with Gasteiger partial charge in [0.2, 0.25) is 0 Å². The molecule has 2 N–H and O–H groups in total. The highest BCUT2D eigenvalue weighted by Crippen LogP contribution is 2.33. The fraction of sp³-hybridized carbons (Fsp3) is 0.714. The average molecular weight is 284 g/mol. The standard InChI is InChI=1S/C14H22ClN3O/c1-3-11-4-6-14(19,7-5-11)9-16-13-8-12(15)17-10(2)18-13/h8,11,19H,3-7,9H2,1-2H3,(H,16,17,18). The lowest BCUT2D eigenvalue weighted by Crippen LogP contribution is -2.40. The van der Waals surface area contributed by atoms with E-state index in [9.17, 15) is 5.11 Å². The topological polar surface area (TPSA) is 58.0 Å². The van der Waals surface area contributed by atoms with Crippen molar-refractivity contribution in [3.63, 3.8) is 0 Å². The van der Waals surface area contributed by atoms with Crippen LogP contribution in [0.2, 0.25) is 5.15 Å². The first-order valence-corrected chi connectivity index (χ1v) is 7.36. The molecule has 1 aromatic heterocycles. The van der Waals surface area contributed by atoms with E-state index < -0.39 is 5.60 Å². The quantitative estimate of drug-likeness (QED) is 0.833. The van der Waals surface area contributed by atoms with Crippen LogP contribution in [0.4, 0.5) is 5.82 Å². The molecule has 0 amide bonds. The SMILES string of the molecule is CCC1CCC(O)(CNc2cc(Cl)nc(C)n2)CC1. The maximum absolute atomic E-state index is 10.5. The molecule has 1 saturated carbocycles. The smallest absolute Gasteiger partial charge is 0.134 e. The van der Waals surface area contributed by atoms with Crippen LogP contribution >= 0.6 is 11.6 Å². The molecule has 1 fully saturated rings. The minimum Gasteiger partial charge on any atom is -0.388 e. The first-order valence-electron chi connectivity index (χ1n) is 6.98. The number of anilines is 1. The third kappa shape index (κ3) is 4.05. The zero-order valence-corrected chi connectivity index (χ0v) is 12.4. The summed E-state index contributed by atoms with van der Waals surface area (Å²) in [4.78, 5) is 8.28. The first-order chi connectivity index (χ1) is 9.00. The monoisotopic (exact) mass is 283 g/mol. The number of halogens is 1. The molecular weight excluding hydrogens is 262 g/mol. The normalized spacial score (nSPS) is 27.3. The lowest BCUT2D eigenvalue weighted by Gasteiger charge is -2.36. The summed E-state index contributed by atoms with van der Waals surface area (Å²) in [5, 5.41) is 14.2. The van der Waals surface area contributed by atoms with Gasteiger partial charge < -0.3 is 10.4 Å². The van der Waals surface area contributed by atoms with Crippen LogP contribution in [0.1, 0.15) is 44.9 Å². The fourth-order valence-corrected chi connectivity index (χ4v) is 2.90. The van der Waals surface area contributed by atoms with Crippen LogP contribution in [-0.4, -0.2) is 27.2 Å². The van der Waals surface area contributed by atoms with Gasteiger partial charge in [0.25, 0.3) is 0 Å². The van der Waals surface area contributed by atoms with E-state index in [1.54, 1.807) is 13.0 Å². The van der Waals surface area contributed by atoms with Gasteiger partial charge in [0.05, 0.1) is 5.60 Å². The molecule has 0 aliphatic heterocycles. The minimum absolute atomic E-state index is 0.427. The van der Waals surface area contributed by atoms with Crippen LogP contribution in [0.25, 0.3) is 0 Å². The maximum Gasteiger partial charge on any atom is 0.134 e. The Morgan fingerprint density at radius 3 is 2.68 bits per heavy atom. The molecular formula is C14H22ClN3O. The largest absolute Gasteiger partial charge is 0.388 e. The van der Waals surface area contributed by atoms with Crippen LogP contribution in [0, 0.1) is 12.8 Å². The van der Waals surface area contributed by atoms with E-state index in [2.05, 4.69) is 22.2 Å². The lowest BCUT2D eigenvalue weighted by atomic mass is 9.78. The van der Waals surface area contributed by atoms with Gasteiger partial charge in [0.1, 0.15) is 16.8 Å². The number of hydrogen-bond donors (Lipinski definition) is 2. The highest BCUT2D eigenvalue weighted by Gasteiger charge is 2.32. The number of rotatable bonds is 4. The Balaban J connectivity index is 1.91. The lowest BCUT2D eigenvalue weighted by molar-refractivity contribution is 0.00222. The minimum atomic E-state index is -0.614. The van der Waals surface area contributed by atoms with Gasteiger partial charge in [-0.15, -0.1) is 0 Å². The predicted molar refractivity (Wildman–Crippen MR) is 77.5 cm³/mol. The molecule has 0 saturated heterocycles. The van der Waals surface area contributed by atoms with Gasteiger partial charge in [-0.05, 0) is 38.5 Å². The van der Waals surface area contributed by atoms with Crippen molar-refractivity contribution in [2.24, 2.45) is 5.92 Å². The second kappa shape index (κ2) is 6.06. The Kier molecular flexibility index (Phi) is 4.63. The molecule has 19 heavy (non-hydrogen) atoms. The molecule has 2 rings (SSSR count). The first kappa shape index (κ1) is 14.5. The number of aliphatic hydroxyl groups is 1. The molecule has 0 bridgehead atoms. The molecule has 1 aromatic rings. The van der Waals surface area contributed by atoms with Crippen molar-refractivity contribution in [3.8, 4) is 0 Å². The van der Waals surface area contributed by atoms with Crippen LogP contribution in [0.3, 0.4) is 0 Å². The van der Waals surface area contributed by atoms with Gasteiger partial charge in [-0.1, -0.05) is 24.9 Å². The van der Waals surface area contributed by atoms with E-state index in [1.807, 2.05) is 0 Å². The van der Waals surface area contributed by atoms with Crippen molar-refractivity contribution < 1.29 is 5.11 Å². The summed E-state index contributed by atoms with van der Waals surface area (Å²) in [5.41, 5.74) is -0.614. The third-order valence-electron chi connectivity index (χ3n) is 4.02. The van der Waals surface area contributed by atoms with E-state index in [1.165, 1.54) is 6.42 Å². The van der Waals surface area contributed by atoms with Gasteiger partial charge in [-0.3, -0.25) is 0 Å². The van der Waals surface area contributed by atoms with Gasteiger partial charge in [-0.25, -0.2) is 9.97 Å². The fourth-order valence-electron chi connectivity index (χ4n) is 2.68. The van der Waals surface area contributed by atoms with Gasteiger partial charge >= 0.3 is 0 Å². The number of hydrogen-bond acceptors (Lipinski definition) is 4. The summed E-state index contributed by atoms with van der Waals surface area (Å²) in [5.74, 6) is 2.09. The molecule has 0 unspecified atom stereocenters. The Hall–Kier alpha value is -0.870. The van der Waals surface area contributed by atoms with Crippen LogP contribution in [0.5, 0.6) is 0 Å². The highest BCUT2D eigenvalue weighted by molar-refractivity contribution is 6.29. The summed E-state index contributed by atoms with van der Waals surface area (Å²) in [6.45, 7) is 4.55. The Morgan fingerprint density at radius 2 is 2.11 bits per heavy atom. The number of aromatic nitrogens is 2. The van der Waals surface area contributed by atoms with Crippen LogP contribution in [0.15, 0.2) is 6.07 Å². The summed E-state index contributed by atoms with van der Waals surface area (Å²) < 4.78 is 0. The highest BCUT2D eigenvalue weighted by atomic mass is 35.5. The van der Waals surface area contributed by atoms with E-state index in [4.69, 9.17) is 11.6 Å². The van der Waals surface area contributed by atoms with Crippen molar-refractivity contribution in [2.45, 2.75) is 51.6 Å². The second-order valence-electron chi connectivity index (χ2n) is 5.55. The molecule has 106 valence electrons. The molecule has 5 heteroatoms. The zero-order chi connectivity index (χ0) is 13.9. The van der Waals surface area contributed by atoms with Crippen molar-refractivity contribution in [2.75, 3.05) is 11.9 Å². The van der Waals surface area contributed by atoms with Crippen LogP contribution < -0.4 is 5.32 Å². The van der Waals surface area contributed by atoms with Gasteiger partial charge in [0, 0.05) is 12.6 Å². The van der Waals surface area contributed by atoms with Gasteiger partial charge in [0.15, 0.2) is 0 Å². The van der Waals surface area contributed by atoms with E-state index in [-0.39, 0.29) is 0 Å². The molecule has 0 atom stereocenters. The van der Waals surface area contributed by atoms with Crippen molar-refractivity contribution in [1.29, 1.82) is 0 Å². The Morgan fingerprint density at radius 1 is 1.42 bits per heavy atom. The molecule has 4 nitrogen and oxygen atoms in total. The van der Waals surface area contributed by atoms with Crippen molar-refractivity contribution >= 4 is 17.4 Å². The van der Waals surface area contributed by atoms with E-state index in [0.29, 0.717) is 23.3 Å². The predicted octanol–water partition coefficient (Wildman–Crippen LogP) is 3.18. The molecule has 1 aliphatic carbocycles. The zero-order valence-electron chi connectivity index (χ0n) is 11.6. The maximum atomic E-state index is 10.5. The Bertz CT molecular complexity index is 410. The van der Waals surface area contributed by atoms with E-state index >= 15 is 0 Å². The number of nitrogens with zero attached hydrogens (tertiary/aromatic N) is 2. The summed E-state index contributed by atoms with van der Waals surface area (Å²) >= 11 is 5.89. The summed E-state index contributed by atoms with van der Waals surface area (Å²) in [7, 11) is 0. The van der Waals surface area contributed by atoms with Gasteiger partial charge in [-0.2, -0.15) is 0 Å². The molecule has 0 radical (unpaired) electrons. The van der Waals surface area contributed by atoms with Crippen LogP contribution in [-0.2, 0) is 0 Å². The number of aryl methyl sites for hydroxylation is 1. The molecule has 1 heterocycles. The molecule has 1 aliphatic rings. The molecule has 0 spiro atoms.